The third-order valence-electron chi connectivity index (χ3n) is 6.12. The van der Waals surface area contributed by atoms with Gasteiger partial charge in [0.2, 0.25) is 0 Å². The zero-order valence-corrected chi connectivity index (χ0v) is 15.2. The van der Waals surface area contributed by atoms with Gasteiger partial charge in [-0.25, -0.2) is 0 Å². The molecule has 1 heterocycles. The maximum atomic E-state index is 9.09. The Hall–Kier alpha value is -0.900. The monoisotopic (exact) mass is 330 g/mol. The number of aliphatic hydroxyl groups excluding tert-OH is 1. The topological polar surface area (TPSA) is 35.5 Å². The first-order chi connectivity index (χ1) is 11.8. The van der Waals surface area contributed by atoms with E-state index < -0.39 is 0 Å². The summed E-state index contributed by atoms with van der Waals surface area (Å²) in [5.41, 5.74) is 2.35. The van der Waals surface area contributed by atoms with Crippen molar-refractivity contribution in [2.75, 3.05) is 19.6 Å². The maximum absolute atomic E-state index is 9.09. The molecule has 1 saturated carbocycles. The van der Waals surface area contributed by atoms with Crippen molar-refractivity contribution < 1.29 is 5.11 Å². The highest BCUT2D eigenvalue weighted by Gasteiger charge is 2.29. The van der Waals surface area contributed by atoms with Crippen molar-refractivity contribution in [1.29, 1.82) is 0 Å². The van der Waals surface area contributed by atoms with Gasteiger partial charge in [-0.1, -0.05) is 44.0 Å². The number of hydrogen-bond acceptors (Lipinski definition) is 3. The van der Waals surface area contributed by atoms with Gasteiger partial charge < -0.3 is 15.3 Å². The molecule has 24 heavy (non-hydrogen) atoms. The van der Waals surface area contributed by atoms with Gasteiger partial charge in [-0.3, -0.25) is 0 Å². The molecule has 0 bridgehead atoms. The molecule has 0 aromatic heterocycles. The average molecular weight is 331 g/mol. The van der Waals surface area contributed by atoms with Gasteiger partial charge in [0, 0.05) is 12.1 Å². The summed E-state index contributed by atoms with van der Waals surface area (Å²) in [5, 5.41) is 12.8. The summed E-state index contributed by atoms with van der Waals surface area (Å²) in [6, 6.07) is 9.88. The van der Waals surface area contributed by atoms with Crippen LogP contribution in [-0.4, -0.2) is 41.7 Å². The fourth-order valence-electron chi connectivity index (χ4n) is 4.51. The summed E-state index contributed by atoms with van der Waals surface area (Å²) in [4.78, 5) is 2.77. The molecule has 1 aromatic carbocycles. The van der Waals surface area contributed by atoms with E-state index in [0.717, 1.165) is 30.5 Å². The molecule has 0 amide bonds. The normalized spacial score (nSPS) is 26.6. The van der Waals surface area contributed by atoms with Crippen molar-refractivity contribution in [1.82, 2.24) is 10.2 Å². The Balaban J connectivity index is 1.36. The molecule has 0 spiro atoms. The minimum Gasteiger partial charge on any atom is -0.392 e. The molecular formula is C21H34N2O. The first kappa shape index (κ1) is 17.9. The Kier molecular flexibility index (Phi) is 6.70. The maximum Gasteiger partial charge on any atom is 0.0681 e. The first-order valence-corrected chi connectivity index (χ1v) is 9.92. The van der Waals surface area contributed by atoms with E-state index in [-0.39, 0.29) is 6.61 Å². The van der Waals surface area contributed by atoms with Gasteiger partial charge in [0.15, 0.2) is 0 Å². The predicted molar refractivity (Wildman–Crippen MR) is 100 cm³/mol. The smallest absolute Gasteiger partial charge is 0.0681 e. The lowest BCUT2D eigenvalue weighted by atomic mass is 9.84. The highest BCUT2D eigenvalue weighted by molar-refractivity contribution is 5.22. The summed E-state index contributed by atoms with van der Waals surface area (Å²) >= 11 is 0. The van der Waals surface area contributed by atoms with Crippen molar-refractivity contribution in [2.45, 2.75) is 70.6 Å². The van der Waals surface area contributed by atoms with Gasteiger partial charge in [0.05, 0.1) is 6.61 Å². The van der Waals surface area contributed by atoms with Gasteiger partial charge in [-0.15, -0.1) is 0 Å². The molecule has 134 valence electrons. The van der Waals surface area contributed by atoms with E-state index in [2.05, 4.69) is 29.3 Å². The quantitative estimate of drug-likeness (QED) is 0.839. The highest BCUT2D eigenvalue weighted by Crippen LogP contribution is 2.29. The number of piperidine rings is 1. The zero-order valence-electron chi connectivity index (χ0n) is 15.2. The van der Waals surface area contributed by atoms with Crippen molar-refractivity contribution >= 4 is 0 Å². The lowest BCUT2D eigenvalue weighted by Crippen LogP contribution is -2.49. The number of likely N-dealkylation sites (tertiary alicyclic amines) is 1. The highest BCUT2D eigenvalue weighted by atomic mass is 16.3. The number of nitrogens with zero attached hydrogens (tertiary/aromatic N) is 1. The van der Waals surface area contributed by atoms with E-state index >= 15 is 0 Å². The lowest BCUT2D eigenvalue weighted by molar-refractivity contribution is 0.0817. The Morgan fingerprint density at radius 1 is 1.00 bits per heavy atom. The molecule has 3 heteroatoms. The summed E-state index contributed by atoms with van der Waals surface area (Å²) in [7, 11) is 0. The van der Waals surface area contributed by atoms with Crippen LogP contribution in [0, 0.1) is 5.92 Å². The number of aliphatic hydroxyl groups is 1. The zero-order chi connectivity index (χ0) is 16.8. The van der Waals surface area contributed by atoms with E-state index in [1.807, 2.05) is 12.1 Å². The Morgan fingerprint density at radius 2 is 1.67 bits per heavy atom. The summed E-state index contributed by atoms with van der Waals surface area (Å²) in [6.45, 7) is 6.20. The molecule has 0 radical (unpaired) electrons. The van der Waals surface area contributed by atoms with Crippen LogP contribution in [0.2, 0.25) is 0 Å². The molecule has 2 unspecified atom stereocenters. The fraction of sp³-hybridized carbons (Fsp3) is 0.714. The van der Waals surface area contributed by atoms with Gasteiger partial charge in [-0.05, 0) is 68.8 Å². The number of rotatable bonds is 6. The van der Waals surface area contributed by atoms with Gasteiger partial charge in [0.25, 0.3) is 0 Å². The predicted octanol–water partition coefficient (Wildman–Crippen LogP) is 3.35. The lowest BCUT2D eigenvalue weighted by Gasteiger charge is -2.42. The second-order valence-corrected chi connectivity index (χ2v) is 7.82. The van der Waals surface area contributed by atoms with E-state index in [0.29, 0.717) is 6.04 Å². The van der Waals surface area contributed by atoms with E-state index in [9.17, 15) is 0 Å². The Labute approximate surface area is 147 Å². The van der Waals surface area contributed by atoms with Crippen molar-refractivity contribution in [3.63, 3.8) is 0 Å². The molecule has 1 aliphatic heterocycles. The molecule has 3 nitrogen and oxygen atoms in total. The SMILES string of the molecule is CC1CCCCC1N1CCC(NCCc2ccc(CO)cc2)CC1. The minimum absolute atomic E-state index is 0.136. The largest absolute Gasteiger partial charge is 0.392 e. The Morgan fingerprint density at radius 3 is 2.33 bits per heavy atom. The fourth-order valence-corrected chi connectivity index (χ4v) is 4.51. The second-order valence-electron chi connectivity index (χ2n) is 7.82. The van der Waals surface area contributed by atoms with E-state index in [4.69, 9.17) is 5.11 Å². The molecular weight excluding hydrogens is 296 g/mol. The number of benzene rings is 1. The van der Waals surface area contributed by atoms with Crippen LogP contribution < -0.4 is 5.32 Å². The molecule has 2 atom stereocenters. The number of hydrogen-bond donors (Lipinski definition) is 2. The first-order valence-electron chi connectivity index (χ1n) is 9.92. The van der Waals surface area contributed by atoms with Crippen LogP contribution >= 0.6 is 0 Å². The Bertz CT molecular complexity index is 479. The van der Waals surface area contributed by atoms with Crippen LogP contribution in [0.5, 0.6) is 0 Å². The van der Waals surface area contributed by atoms with Gasteiger partial charge in [-0.2, -0.15) is 0 Å². The van der Waals surface area contributed by atoms with Gasteiger partial charge >= 0.3 is 0 Å². The molecule has 2 N–H and O–H groups in total. The van der Waals surface area contributed by atoms with E-state index in [1.165, 1.54) is 57.2 Å². The molecule has 2 aliphatic rings. The average Bonchev–Trinajstić information content (AvgIpc) is 2.63. The third-order valence-corrected chi connectivity index (χ3v) is 6.12. The van der Waals surface area contributed by atoms with E-state index in [1.54, 1.807) is 0 Å². The van der Waals surface area contributed by atoms with Crippen LogP contribution in [0.1, 0.15) is 56.6 Å². The second kappa shape index (κ2) is 8.98. The molecule has 3 rings (SSSR count). The standard InChI is InChI=1S/C21H34N2O/c1-17-4-2-3-5-21(17)23-14-11-20(12-15-23)22-13-10-18-6-8-19(16-24)9-7-18/h6-9,17,20-22,24H,2-5,10-16H2,1H3. The summed E-state index contributed by atoms with van der Waals surface area (Å²) < 4.78 is 0. The molecule has 1 aromatic rings. The van der Waals surface area contributed by atoms with Crippen LogP contribution in [0.3, 0.4) is 0 Å². The van der Waals surface area contributed by atoms with Crippen molar-refractivity contribution in [3.8, 4) is 0 Å². The van der Waals surface area contributed by atoms with Crippen LogP contribution in [0.15, 0.2) is 24.3 Å². The van der Waals surface area contributed by atoms with Crippen molar-refractivity contribution in [2.24, 2.45) is 5.92 Å². The van der Waals surface area contributed by atoms with Gasteiger partial charge in [0.1, 0.15) is 0 Å². The molecule has 1 aliphatic carbocycles. The minimum atomic E-state index is 0.136. The molecule has 1 saturated heterocycles. The molecule has 2 fully saturated rings. The third kappa shape index (κ3) is 4.81. The van der Waals surface area contributed by atoms with Crippen LogP contribution in [0.25, 0.3) is 0 Å². The van der Waals surface area contributed by atoms with Crippen molar-refractivity contribution in [3.05, 3.63) is 35.4 Å². The summed E-state index contributed by atoms with van der Waals surface area (Å²) in [6.07, 6.45) is 9.39. The van der Waals surface area contributed by atoms with Crippen LogP contribution in [0.4, 0.5) is 0 Å². The summed E-state index contributed by atoms with van der Waals surface area (Å²) in [5.74, 6) is 0.894. The van der Waals surface area contributed by atoms with Crippen LogP contribution in [-0.2, 0) is 13.0 Å². The number of nitrogens with one attached hydrogen (secondary N) is 1.